The summed E-state index contributed by atoms with van der Waals surface area (Å²) in [6, 6.07) is 15.2. The number of Topliss-reactive ketones (excluding diaryl/α,β-unsaturated/α-hetero) is 1. The van der Waals surface area contributed by atoms with E-state index in [2.05, 4.69) is 0 Å². The van der Waals surface area contributed by atoms with Crippen molar-refractivity contribution in [1.29, 1.82) is 0 Å². The molecule has 160 valence electrons. The van der Waals surface area contributed by atoms with Gasteiger partial charge in [0.1, 0.15) is 11.6 Å². The predicted octanol–water partition coefficient (Wildman–Crippen LogP) is 6.55. The van der Waals surface area contributed by atoms with Crippen molar-refractivity contribution in [3.8, 4) is 0 Å². The number of thiophene rings is 1. The summed E-state index contributed by atoms with van der Waals surface area (Å²) in [7, 11) is 0. The molecular weight excluding hydrogens is 446 g/mol. The fraction of sp³-hybridized carbons (Fsp3) is 0.120. The van der Waals surface area contributed by atoms with E-state index in [0.29, 0.717) is 21.7 Å². The van der Waals surface area contributed by atoms with E-state index in [-0.39, 0.29) is 11.3 Å². The Bertz CT molecular complexity index is 1420. The first-order chi connectivity index (χ1) is 15.3. The second kappa shape index (κ2) is 7.65. The number of ketones is 1. The van der Waals surface area contributed by atoms with Gasteiger partial charge in [0.05, 0.1) is 5.57 Å². The maximum absolute atomic E-state index is 13.5. The van der Waals surface area contributed by atoms with Crippen LogP contribution in [0.1, 0.15) is 32.6 Å². The molecule has 0 radical (unpaired) electrons. The zero-order valence-electron chi connectivity index (χ0n) is 17.3. The number of hydrogen-bond acceptors (Lipinski definition) is 5. The Balaban J connectivity index is 1.64. The number of aliphatic hydroxyl groups is 1. The lowest BCUT2D eigenvalue weighted by molar-refractivity contribution is -0.117. The highest BCUT2D eigenvalue weighted by Crippen LogP contribution is 2.44. The minimum Gasteiger partial charge on any atom is -0.503 e. The van der Waals surface area contributed by atoms with Gasteiger partial charge in [0.2, 0.25) is 5.78 Å². The zero-order chi connectivity index (χ0) is 22.6. The SMILES string of the molecule is Cc1ccc(N2C(=O)C(O)=C(C(=O)c3cc4cc(Cl)ccc4o3)C2c2cccs2)cc1C. The predicted molar refractivity (Wildman–Crippen MR) is 126 cm³/mol. The van der Waals surface area contributed by atoms with E-state index in [4.69, 9.17) is 16.0 Å². The van der Waals surface area contributed by atoms with Crippen LogP contribution >= 0.6 is 22.9 Å². The minimum absolute atomic E-state index is 0.000770. The maximum Gasteiger partial charge on any atom is 0.294 e. The van der Waals surface area contributed by atoms with Crippen molar-refractivity contribution >= 4 is 51.3 Å². The largest absolute Gasteiger partial charge is 0.503 e. The Morgan fingerprint density at radius 3 is 2.62 bits per heavy atom. The standard InChI is InChI=1S/C25H18ClNO4S/c1-13-5-7-17(10-14(13)2)27-22(20-4-3-9-32-20)21(24(29)25(27)30)23(28)19-12-15-11-16(26)6-8-18(15)31-19/h3-12,22,29H,1-2H3. The lowest BCUT2D eigenvalue weighted by Crippen LogP contribution is -2.30. The second-order valence-electron chi connectivity index (χ2n) is 7.75. The lowest BCUT2D eigenvalue weighted by Gasteiger charge is -2.26. The molecule has 4 aromatic rings. The number of anilines is 1. The number of nitrogens with zero attached hydrogens (tertiary/aromatic N) is 1. The van der Waals surface area contributed by atoms with Crippen molar-refractivity contribution in [2.75, 3.05) is 4.90 Å². The van der Waals surface area contributed by atoms with Gasteiger partial charge in [-0.15, -0.1) is 11.3 Å². The summed E-state index contributed by atoms with van der Waals surface area (Å²) < 4.78 is 5.74. The average Bonchev–Trinajstić information content (AvgIpc) is 3.49. The smallest absolute Gasteiger partial charge is 0.294 e. The summed E-state index contributed by atoms with van der Waals surface area (Å²) in [6.07, 6.45) is 0. The molecule has 0 fully saturated rings. The quantitative estimate of drug-likeness (QED) is 0.348. The fourth-order valence-electron chi connectivity index (χ4n) is 3.95. The number of aryl methyl sites for hydroxylation is 2. The molecule has 2 aromatic carbocycles. The average molecular weight is 464 g/mol. The monoisotopic (exact) mass is 463 g/mol. The van der Waals surface area contributed by atoms with Gasteiger partial charge in [-0.1, -0.05) is 23.7 Å². The van der Waals surface area contributed by atoms with Crippen molar-refractivity contribution in [2.24, 2.45) is 0 Å². The molecule has 0 bridgehead atoms. The number of rotatable bonds is 4. The second-order valence-corrected chi connectivity index (χ2v) is 9.16. The van der Waals surface area contributed by atoms with Gasteiger partial charge in [-0.2, -0.15) is 0 Å². The van der Waals surface area contributed by atoms with E-state index in [9.17, 15) is 14.7 Å². The summed E-state index contributed by atoms with van der Waals surface area (Å²) in [5, 5.41) is 13.9. The van der Waals surface area contributed by atoms with Gasteiger partial charge >= 0.3 is 0 Å². The van der Waals surface area contributed by atoms with Crippen LogP contribution in [0, 0.1) is 13.8 Å². The number of carbonyl (C=O) groups is 2. The van der Waals surface area contributed by atoms with E-state index in [1.165, 1.54) is 16.2 Å². The van der Waals surface area contributed by atoms with E-state index < -0.39 is 23.5 Å². The molecule has 7 heteroatoms. The number of aliphatic hydroxyl groups excluding tert-OH is 1. The van der Waals surface area contributed by atoms with Crippen molar-refractivity contribution in [3.05, 3.63) is 98.1 Å². The Morgan fingerprint density at radius 1 is 1.09 bits per heavy atom. The molecule has 5 rings (SSSR count). The summed E-state index contributed by atoms with van der Waals surface area (Å²) in [4.78, 5) is 29.0. The zero-order valence-corrected chi connectivity index (χ0v) is 18.8. The highest BCUT2D eigenvalue weighted by Gasteiger charge is 2.45. The summed E-state index contributed by atoms with van der Waals surface area (Å²) >= 11 is 7.47. The Labute approximate surface area is 193 Å². The topological polar surface area (TPSA) is 70.8 Å². The molecule has 2 aromatic heterocycles. The van der Waals surface area contributed by atoms with Gasteiger partial charge in [-0.25, -0.2) is 0 Å². The van der Waals surface area contributed by atoms with Gasteiger partial charge in [0.15, 0.2) is 11.5 Å². The van der Waals surface area contributed by atoms with Crippen LogP contribution in [0.2, 0.25) is 5.02 Å². The summed E-state index contributed by atoms with van der Waals surface area (Å²) in [6.45, 7) is 3.94. The number of benzene rings is 2. The van der Waals surface area contributed by atoms with Crippen molar-refractivity contribution in [1.82, 2.24) is 0 Å². The molecule has 1 amide bonds. The third-order valence-corrected chi connectivity index (χ3v) is 6.90. The number of furan rings is 1. The number of carbonyl (C=O) groups excluding carboxylic acids is 2. The molecule has 5 nitrogen and oxygen atoms in total. The van der Waals surface area contributed by atoms with Crippen molar-refractivity contribution < 1.29 is 19.1 Å². The summed E-state index contributed by atoms with van der Waals surface area (Å²) in [5.41, 5.74) is 3.21. The maximum atomic E-state index is 13.5. The third-order valence-electron chi connectivity index (χ3n) is 5.74. The van der Waals surface area contributed by atoms with E-state index in [0.717, 1.165) is 16.0 Å². The minimum atomic E-state index is -0.756. The molecule has 32 heavy (non-hydrogen) atoms. The molecule has 0 saturated carbocycles. The van der Waals surface area contributed by atoms with Crippen molar-refractivity contribution in [2.45, 2.75) is 19.9 Å². The highest BCUT2D eigenvalue weighted by atomic mass is 35.5. The van der Waals surface area contributed by atoms with Crippen molar-refractivity contribution in [3.63, 3.8) is 0 Å². The highest BCUT2D eigenvalue weighted by molar-refractivity contribution is 7.10. The van der Waals surface area contributed by atoms with E-state index in [1.54, 1.807) is 24.3 Å². The first-order valence-electron chi connectivity index (χ1n) is 9.96. The Kier molecular flexibility index (Phi) is 4.92. The van der Waals surface area contributed by atoms with Gasteiger partial charge in [0, 0.05) is 21.0 Å². The Hall–Kier alpha value is -3.35. The molecule has 0 aliphatic carbocycles. The number of hydrogen-bond donors (Lipinski definition) is 1. The third kappa shape index (κ3) is 3.23. The van der Waals surface area contributed by atoms with Gasteiger partial charge in [-0.3, -0.25) is 14.5 Å². The molecule has 0 spiro atoms. The lowest BCUT2D eigenvalue weighted by atomic mass is 9.99. The van der Waals surface area contributed by atoms with Crippen LogP contribution in [0.25, 0.3) is 11.0 Å². The van der Waals surface area contributed by atoms with Crippen LogP contribution in [0.3, 0.4) is 0 Å². The van der Waals surface area contributed by atoms with E-state index in [1.807, 2.05) is 49.6 Å². The van der Waals surface area contributed by atoms with Gasteiger partial charge in [-0.05, 0) is 72.8 Å². The number of fused-ring (bicyclic) bond motifs is 1. The molecule has 0 saturated heterocycles. The van der Waals surface area contributed by atoms with Crippen LogP contribution in [-0.4, -0.2) is 16.8 Å². The normalized spacial score (nSPS) is 16.4. The first kappa shape index (κ1) is 20.5. The number of amides is 1. The van der Waals surface area contributed by atoms with E-state index >= 15 is 0 Å². The molecular formula is C25H18ClNO4S. The molecule has 1 atom stereocenters. The van der Waals surface area contributed by atoms with Crippen LogP contribution < -0.4 is 4.90 Å². The van der Waals surface area contributed by atoms with Gasteiger partial charge in [0.25, 0.3) is 5.91 Å². The fourth-order valence-corrected chi connectivity index (χ4v) is 4.96. The molecule has 1 unspecified atom stereocenters. The van der Waals surface area contributed by atoms with Crippen LogP contribution in [-0.2, 0) is 4.79 Å². The Morgan fingerprint density at radius 2 is 1.91 bits per heavy atom. The number of halogens is 1. The summed E-state index contributed by atoms with van der Waals surface area (Å²) in [5.74, 6) is -1.67. The molecule has 1 aliphatic rings. The first-order valence-corrected chi connectivity index (χ1v) is 11.2. The molecule has 1 N–H and O–H groups in total. The van der Waals surface area contributed by atoms with Crippen LogP contribution in [0.15, 0.2) is 75.7 Å². The van der Waals surface area contributed by atoms with Gasteiger partial charge < -0.3 is 9.52 Å². The molecule has 3 heterocycles. The van der Waals surface area contributed by atoms with Crippen LogP contribution in [0.4, 0.5) is 5.69 Å². The van der Waals surface area contributed by atoms with Crippen LogP contribution in [0.5, 0.6) is 0 Å². The molecule has 1 aliphatic heterocycles.